The van der Waals surface area contributed by atoms with Gasteiger partial charge in [0.25, 0.3) is 0 Å². The fourth-order valence-corrected chi connectivity index (χ4v) is 11.6. The van der Waals surface area contributed by atoms with Crippen molar-refractivity contribution in [3.63, 3.8) is 0 Å². The predicted octanol–water partition coefficient (Wildman–Crippen LogP) is 7.05. The van der Waals surface area contributed by atoms with Gasteiger partial charge in [-0.25, -0.2) is 0 Å². The molecule has 0 aromatic heterocycles. The summed E-state index contributed by atoms with van der Waals surface area (Å²) >= 11 is 0.448. The van der Waals surface area contributed by atoms with E-state index in [-0.39, 0.29) is 35.3 Å². The van der Waals surface area contributed by atoms with Gasteiger partial charge in [-0.15, -0.1) is 0 Å². The van der Waals surface area contributed by atoms with Gasteiger partial charge in [-0.3, -0.25) is 0 Å². The van der Waals surface area contributed by atoms with E-state index in [1.807, 2.05) is 0 Å². The molecule has 1 atom stereocenters. The summed E-state index contributed by atoms with van der Waals surface area (Å²) in [5, 5.41) is 0. The van der Waals surface area contributed by atoms with Crippen LogP contribution in [0.3, 0.4) is 0 Å². The van der Waals surface area contributed by atoms with Crippen molar-refractivity contribution in [2.75, 3.05) is 0 Å². The molecular weight excluding hydrogens is 602 g/mol. The van der Waals surface area contributed by atoms with Gasteiger partial charge in [0.2, 0.25) is 0 Å². The summed E-state index contributed by atoms with van der Waals surface area (Å²) in [6.07, 6.45) is 1.09. The second kappa shape index (κ2) is 11.5. The van der Waals surface area contributed by atoms with Crippen LogP contribution in [-0.2, 0) is 5.41 Å². The number of benzene rings is 5. The molecule has 1 aliphatic rings. The van der Waals surface area contributed by atoms with Gasteiger partial charge in [0, 0.05) is 0 Å². The first-order valence-electron chi connectivity index (χ1n) is 13.5. The van der Waals surface area contributed by atoms with Crippen LogP contribution in [0, 0.1) is 13.8 Å². The molecule has 1 aliphatic carbocycles. The summed E-state index contributed by atoms with van der Waals surface area (Å²) < 4.78 is 6.20. The van der Waals surface area contributed by atoms with E-state index in [2.05, 4.69) is 153 Å². The first-order valence-corrected chi connectivity index (χ1v) is 17.0. The summed E-state index contributed by atoms with van der Waals surface area (Å²) in [5.41, 5.74) is 6.65. The first-order chi connectivity index (χ1) is 19.1. The average Bonchev–Trinajstić information content (AvgIpc) is 3.29. The van der Waals surface area contributed by atoms with E-state index in [1.54, 1.807) is 8.94 Å². The third kappa shape index (κ3) is 5.23. The molecule has 2 heteroatoms. The van der Waals surface area contributed by atoms with Crippen molar-refractivity contribution in [1.82, 2.24) is 0 Å². The van der Waals surface area contributed by atoms with Crippen LogP contribution < -0.4 is 8.92 Å². The topological polar surface area (TPSA) is 0 Å². The maximum absolute atomic E-state index is 2.41. The van der Waals surface area contributed by atoms with Gasteiger partial charge in [0.15, 0.2) is 0 Å². The van der Waals surface area contributed by atoms with Crippen LogP contribution in [0.25, 0.3) is 0 Å². The van der Waals surface area contributed by atoms with Gasteiger partial charge in [0.05, 0.1) is 0 Å². The molecule has 0 nitrogen and oxygen atoms in total. The van der Waals surface area contributed by atoms with Gasteiger partial charge >= 0.3 is 247 Å². The third-order valence-corrected chi connectivity index (χ3v) is 13.4. The molecule has 0 saturated carbocycles. The Hall–Kier alpha value is -3.12. The Bertz CT molecular complexity index is 1510. The van der Waals surface area contributed by atoms with Gasteiger partial charge in [-0.2, -0.15) is 0 Å². The fourth-order valence-electron chi connectivity index (χ4n) is 5.79. The second-order valence-corrected chi connectivity index (χ2v) is 15.0. The van der Waals surface area contributed by atoms with Gasteiger partial charge in [-0.1, -0.05) is 0 Å². The van der Waals surface area contributed by atoms with E-state index < -0.39 is 0 Å². The predicted molar refractivity (Wildman–Crippen MR) is 168 cm³/mol. The van der Waals surface area contributed by atoms with Crippen molar-refractivity contribution < 1.29 is 0 Å². The molecular formula is C37H32Se2. The molecule has 0 saturated heterocycles. The number of rotatable bonds is 7. The zero-order valence-electron chi connectivity index (χ0n) is 22.4. The molecule has 1 unspecified atom stereocenters. The van der Waals surface area contributed by atoms with Crippen LogP contribution in [0.5, 0.6) is 0 Å². The van der Waals surface area contributed by atoms with E-state index in [9.17, 15) is 0 Å². The maximum atomic E-state index is 2.41. The second-order valence-electron chi connectivity index (χ2n) is 10.3. The molecule has 0 spiro atoms. The van der Waals surface area contributed by atoms with E-state index >= 15 is 0 Å². The minimum absolute atomic E-state index is 0.187. The molecule has 0 fully saturated rings. The summed E-state index contributed by atoms with van der Waals surface area (Å²) in [6, 6.07) is 52.5. The normalized spacial score (nSPS) is 16.4. The fraction of sp³-hybridized carbons (Fsp3) is 0.135. The Morgan fingerprint density at radius 3 is 1.44 bits per heavy atom. The van der Waals surface area contributed by atoms with Crippen molar-refractivity contribution in [1.29, 1.82) is 0 Å². The summed E-state index contributed by atoms with van der Waals surface area (Å²) in [6.45, 7) is 4.39. The molecule has 0 N–H and O–H groups in total. The van der Waals surface area contributed by atoms with Crippen molar-refractivity contribution >= 4 is 38.8 Å². The Labute approximate surface area is 245 Å². The monoisotopic (exact) mass is 636 g/mol. The minimum atomic E-state index is -0.218. The Morgan fingerprint density at radius 2 is 0.949 bits per heavy atom. The van der Waals surface area contributed by atoms with Crippen molar-refractivity contribution in [3.8, 4) is 0 Å². The van der Waals surface area contributed by atoms with Crippen LogP contribution in [0.15, 0.2) is 148 Å². The quantitative estimate of drug-likeness (QED) is 0.169. The average molecular weight is 635 g/mol. The summed E-state index contributed by atoms with van der Waals surface area (Å²) in [7, 11) is 0. The molecule has 192 valence electrons. The van der Waals surface area contributed by atoms with Crippen molar-refractivity contribution in [3.05, 3.63) is 176 Å². The van der Waals surface area contributed by atoms with Crippen molar-refractivity contribution in [2.45, 2.75) is 31.6 Å². The molecule has 0 heterocycles. The van der Waals surface area contributed by atoms with Crippen molar-refractivity contribution in [2.24, 2.45) is 0 Å². The Morgan fingerprint density at radius 1 is 0.513 bits per heavy atom. The number of hydrogen-bond acceptors (Lipinski definition) is 0. The Balaban J connectivity index is 1.66. The molecule has 0 radical (unpaired) electrons. The van der Waals surface area contributed by atoms with Gasteiger partial charge < -0.3 is 0 Å². The molecule has 5 aromatic carbocycles. The van der Waals surface area contributed by atoms with E-state index in [1.165, 1.54) is 36.7 Å². The SMILES string of the molecule is Cc1ccc(C2(c3ccc(C)cc3)C([Se]c3ccccc3)=C([Se]c3ccccc3)CC2c2ccccc2)cc1. The molecule has 0 aliphatic heterocycles. The molecule has 39 heavy (non-hydrogen) atoms. The van der Waals surface area contributed by atoms with Gasteiger partial charge in [0.1, 0.15) is 0 Å². The van der Waals surface area contributed by atoms with Gasteiger partial charge in [-0.05, 0) is 0 Å². The third-order valence-electron chi connectivity index (χ3n) is 7.69. The van der Waals surface area contributed by atoms with Crippen LogP contribution in [0.2, 0.25) is 0 Å². The molecule has 6 rings (SSSR count). The van der Waals surface area contributed by atoms with Crippen LogP contribution in [0.4, 0.5) is 0 Å². The Kier molecular flexibility index (Phi) is 7.73. The van der Waals surface area contributed by atoms with Crippen LogP contribution in [-0.4, -0.2) is 29.9 Å². The van der Waals surface area contributed by atoms with Crippen LogP contribution >= 0.6 is 0 Å². The summed E-state index contributed by atoms with van der Waals surface area (Å²) in [4.78, 5) is 0. The number of aryl methyl sites for hydroxylation is 2. The molecule has 0 amide bonds. The molecule has 0 bridgehead atoms. The molecule has 5 aromatic rings. The first kappa shape index (κ1) is 26.1. The zero-order chi connectivity index (χ0) is 26.7. The van der Waals surface area contributed by atoms with Crippen LogP contribution in [0.1, 0.15) is 40.2 Å². The van der Waals surface area contributed by atoms with E-state index in [0.29, 0.717) is 5.92 Å². The summed E-state index contributed by atoms with van der Waals surface area (Å²) in [5.74, 6) is 0.338. The van der Waals surface area contributed by atoms with E-state index in [4.69, 9.17) is 0 Å². The zero-order valence-corrected chi connectivity index (χ0v) is 25.8. The van der Waals surface area contributed by atoms with E-state index in [0.717, 1.165) is 6.42 Å². The number of allylic oxidation sites excluding steroid dienone is 2. The number of hydrogen-bond donors (Lipinski definition) is 0. The standard InChI is InChI=1S/C37H32Se2/c1-27-18-22-30(23-19-27)37(31-24-20-28(2)21-25-31)34(29-12-6-3-7-13-29)26-35(38-32-14-8-4-9-15-32)36(37)39-33-16-10-5-11-17-33/h3-25,34H,26H2,1-2H3.